The van der Waals surface area contributed by atoms with E-state index in [9.17, 15) is 0 Å². The summed E-state index contributed by atoms with van der Waals surface area (Å²) < 4.78 is 0. The van der Waals surface area contributed by atoms with Gasteiger partial charge in [0.25, 0.3) is 0 Å². The molecule has 7 aromatic rings. The Morgan fingerprint density at radius 3 is 1.38 bits per heavy atom. The lowest BCUT2D eigenvalue weighted by molar-refractivity contribution is 0.660. The van der Waals surface area contributed by atoms with Gasteiger partial charge in [0.2, 0.25) is 0 Å². The van der Waals surface area contributed by atoms with Crippen LogP contribution < -0.4 is 5.73 Å². The van der Waals surface area contributed by atoms with E-state index < -0.39 is 0 Å². The van der Waals surface area contributed by atoms with Crippen molar-refractivity contribution < 1.29 is 0 Å². The topological polar surface area (TPSA) is 49.9 Å². The van der Waals surface area contributed by atoms with Crippen LogP contribution in [0.5, 0.6) is 0 Å². The number of nitrogens with one attached hydrogen (secondary N) is 1. The molecule has 0 heterocycles. The fourth-order valence-corrected chi connectivity index (χ4v) is 8.69. The molecule has 9 rings (SSSR count). The molecule has 0 aliphatic heterocycles. The van der Waals surface area contributed by atoms with Crippen LogP contribution in [0.4, 0.5) is 0 Å². The summed E-state index contributed by atoms with van der Waals surface area (Å²) in [6.45, 7) is 9.35. The maximum atomic E-state index is 8.36. The van der Waals surface area contributed by atoms with Gasteiger partial charge in [-0.3, -0.25) is 5.41 Å². The lowest BCUT2D eigenvalue weighted by Crippen LogP contribution is -2.15. The van der Waals surface area contributed by atoms with Gasteiger partial charge in [-0.15, -0.1) is 0 Å². The first-order valence-corrected chi connectivity index (χ1v) is 16.5. The Labute approximate surface area is 276 Å². The van der Waals surface area contributed by atoms with Crippen molar-refractivity contribution in [3.63, 3.8) is 0 Å². The molecule has 47 heavy (non-hydrogen) atoms. The zero-order chi connectivity index (χ0) is 32.2. The van der Waals surface area contributed by atoms with E-state index in [0.29, 0.717) is 0 Å². The molecule has 0 saturated carbocycles. The minimum atomic E-state index is -0.104. The highest BCUT2D eigenvalue weighted by Crippen LogP contribution is 2.53. The molecule has 0 atom stereocenters. The second kappa shape index (κ2) is 9.53. The molecule has 0 radical (unpaired) electrons. The van der Waals surface area contributed by atoms with E-state index in [1.807, 2.05) is 6.07 Å². The Bertz CT molecular complexity index is 2490. The van der Waals surface area contributed by atoms with Crippen molar-refractivity contribution in [2.45, 2.75) is 38.5 Å². The van der Waals surface area contributed by atoms with E-state index in [-0.39, 0.29) is 16.7 Å². The monoisotopic (exact) mass is 604 g/mol. The van der Waals surface area contributed by atoms with Gasteiger partial charge in [-0.25, -0.2) is 0 Å². The van der Waals surface area contributed by atoms with Crippen molar-refractivity contribution >= 4 is 27.4 Å². The Hall–Kier alpha value is -5.47. The van der Waals surface area contributed by atoms with E-state index >= 15 is 0 Å². The van der Waals surface area contributed by atoms with Crippen molar-refractivity contribution in [3.8, 4) is 44.5 Å². The van der Waals surface area contributed by atoms with Gasteiger partial charge in [0.15, 0.2) is 0 Å². The Balaban J connectivity index is 1.34. The number of nitrogens with two attached hydrogens (primary N) is 1. The average molecular weight is 605 g/mol. The second-order valence-corrected chi connectivity index (χ2v) is 14.3. The third-order valence-corrected chi connectivity index (χ3v) is 11.1. The third kappa shape index (κ3) is 3.76. The largest absolute Gasteiger partial charge is 0.384 e. The van der Waals surface area contributed by atoms with Crippen molar-refractivity contribution in [2.75, 3.05) is 0 Å². The van der Waals surface area contributed by atoms with Gasteiger partial charge in [-0.1, -0.05) is 137 Å². The number of hydrogen-bond donors (Lipinski definition) is 2. The summed E-state index contributed by atoms with van der Waals surface area (Å²) in [5.74, 6) is 0.0788. The van der Waals surface area contributed by atoms with Crippen LogP contribution in [0.15, 0.2) is 127 Å². The van der Waals surface area contributed by atoms with Crippen LogP contribution >= 0.6 is 0 Å². The van der Waals surface area contributed by atoms with Crippen LogP contribution in [0, 0.1) is 5.41 Å². The smallest absolute Gasteiger partial charge is 0.122 e. The molecule has 2 aliphatic rings. The predicted octanol–water partition coefficient (Wildman–Crippen LogP) is 11.2. The van der Waals surface area contributed by atoms with Gasteiger partial charge in [-0.05, 0) is 107 Å². The fraction of sp³-hybridized carbons (Fsp3) is 0.133. The number of amidine groups is 1. The summed E-state index contributed by atoms with van der Waals surface area (Å²) in [4.78, 5) is 0. The quantitative estimate of drug-likeness (QED) is 0.118. The summed E-state index contributed by atoms with van der Waals surface area (Å²) in [6.07, 6.45) is 0. The molecule has 0 saturated heterocycles. The molecule has 7 aromatic carbocycles. The molecule has 3 N–H and O–H groups in total. The molecule has 0 aromatic heterocycles. The van der Waals surface area contributed by atoms with Gasteiger partial charge in [0.05, 0.1) is 0 Å². The zero-order valence-electron chi connectivity index (χ0n) is 27.2. The Kier molecular flexibility index (Phi) is 5.64. The van der Waals surface area contributed by atoms with E-state index in [0.717, 1.165) is 10.9 Å². The zero-order valence-corrected chi connectivity index (χ0v) is 27.2. The molecular weight excluding hydrogens is 569 g/mol. The maximum Gasteiger partial charge on any atom is 0.122 e. The first kappa shape index (κ1) is 27.8. The molecule has 2 nitrogen and oxygen atoms in total. The summed E-state index contributed by atoms with van der Waals surface area (Å²) in [5.41, 5.74) is 22.2. The van der Waals surface area contributed by atoms with Gasteiger partial charge < -0.3 is 5.73 Å². The van der Waals surface area contributed by atoms with Crippen molar-refractivity contribution in [3.05, 3.63) is 155 Å². The van der Waals surface area contributed by atoms with Crippen LogP contribution in [0.25, 0.3) is 66.1 Å². The normalized spacial score (nSPS) is 14.9. The molecule has 0 unspecified atom stereocenters. The molecule has 0 fully saturated rings. The molecule has 0 bridgehead atoms. The number of nitrogen functional groups attached to an aromatic ring is 1. The van der Waals surface area contributed by atoms with Gasteiger partial charge in [0, 0.05) is 16.4 Å². The SMILES string of the molecule is CC1(C)c2ccccc2-c2ccc(-c3c4ccccc4c(-c4ccc5c(c4)C(C)(C)c4ccccc4-5)c4cc(C(=N)N)ccc34)cc21. The predicted molar refractivity (Wildman–Crippen MR) is 198 cm³/mol. The van der Waals surface area contributed by atoms with Gasteiger partial charge in [0.1, 0.15) is 5.84 Å². The molecule has 0 spiro atoms. The molecule has 226 valence electrons. The number of rotatable bonds is 3. The van der Waals surface area contributed by atoms with Crippen LogP contribution in [0.1, 0.15) is 55.5 Å². The highest BCUT2D eigenvalue weighted by molar-refractivity contribution is 6.22. The van der Waals surface area contributed by atoms with Crippen LogP contribution in [-0.2, 0) is 10.8 Å². The fourth-order valence-electron chi connectivity index (χ4n) is 8.69. The van der Waals surface area contributed by atoms with Gasteiger partial charge in [-0.2, -0.15) is 0 Å². The highest BCUT2D eigenvalue weighted by atomic mass is 14.7. The van der Waals surface area contributed by atoms with Crippen molar-refractivity contribution in [2.24, 2.45) is 5.73 Å². The van der Waals surface area contributed by atoms with E-state index in [4.69, 9.17) is 11.1 Å². The standard InChI is InChI=1S/C45H36N2/c1-44(2)37-15-9-7-11-29(37)31-20-17-26(24-39(31)44)41-33-13-5-6-14-34(33)42(36-23-28(43(46)47)19-22-35(36)41)27-18-21-32-30-12-8-10-16-38(30)45(3,4)40(32)25-27/h5-25H,1-4H3,(H3,46,47). The number of benzene rings is 7. The summed E-state index contributed by atoms with van der Waals surface area (Å²) in [6, 6.07) is 46.8. The summed E-state index contributed by atoms with van der Waals surface area (Å²) >= 11 is 0. The lowest BCUT2D eigenvalue weighted by atomic mass is 9.79. The van der Waals surface area contributed by atoms with Crippen molar-refractivity contribution in [1.82, 2.24) is 0 Å². The average Bonchev–Trinajstić information content (AvgIpc) is 3.46. The van der Waals surface area contributed by atoms with Gasteiger partial charge >= 0.3 is 0 Å². The third-order valence-electron chi connectivity index (χ3n) is 11.1. The molecule has 2 aliphatic carbocycles. The van der Waals surface area contributed by atoms with Crippen molar-refractivity contribution in [1.29, 1.82) is 5.41 Å². The Morgan fingerprint density at radius 1 is 0.447 bits per heavy atom. The minimum absolute atomic E-state index is 0.0788. The maximum absolute atomic E-state index is 8.36. The Morgan fingerprint density at radius 2 is 0.872 bits per heavy atom. The molecule has 0 amide bonds. The summed E-state index contributed by atoms with van der Waals surface area (Å²) in [7, 11) is 0. The second-order valence-electron chi connectivity index (χ2n) is 14.3. The lowest BCUT2D eigenvalue weighted by Gasteiger charge is -2.24. The van der Waals surface area contributed by atoms with E-state index in [1.165, 1.54) is 82.9 Å². The highest BCUT2D eigenvalue weighted by Gasteiger charge is 2.37. The van der Waals surface area contributed by atoms with E-state index in [1.54, 1.807) is 0 Å². The number of fused-ring (bicyclic) bond motifs is 8. The minimum Gasteiger partial charge on any atom is -0.384 e. The molecule has 2 heteroatoms. The van der Waals surface area contributed by atoms with E-state index in [2.05, 4.69) is 149 Å². The first-order valence-electron chi connectivity index (χ1n) is 16.5. The van der Waals surface area contributed by atoms with Crippen LogP contribution in [-0.4, -0.2) is 5.84 Å². The van der Waals surface area contributed by atoms with Crippen LogP contribution in [0.3, 0.4) is 0 Å². The first-order chi connectivity index (χ1) is 22.7. The number of hydrogen-bond acceptors (Lipinski definition) is 1. The molecular formula is C45H36N2. The van der Waals surface area contributed by atoms with Crippen LogP contribution in [0.2, 0.25) is 0 Å². The summed E-state index contributed by atoms with van der Waals surface area (Å²) in [5, 5.41) is 13.1.